The third-order valence-electron chi connectivity index (χ3n) is 2.82. The number of hydrogen-bond acceptors (Lipinski definition) is 4. The van der Waals surface area contributed by atoms with Gasteiger partial charge in [-0.05, 0) is 18.9 Å². The lowest BCUT2D eigenvalue weighted by Crippen LogP contribution is -2.20. The van der Waals surface area contributed by atoms with Crippen molar-refractivity contribution in [2.24, 2.45) is 0 Å². The lowest BCUT2D eigenvalue weighted by molar-refractivity contribution is 0.120. The van der Waals surface area contributed by atoms with E-state index in [0.29, 0.717) is 6.10 Å². The van der Waals surface area contributed by atoms with E-state index in [1.54, 1.807) is 0 Å². The molecule has 1 aromatic rings. The summed E-state index contributed by atoms with van der Waals surface area (Å²) >= 11 is 0. The van der Waals surface area contributed by atoms with Crippen LogP contribution in [0.5, 0.6) is 0 Å². The Morgan fingerprint density at radius 2 is 2.44 bits per heavy atom. The van der Waals surface area contributed by atoms with Gasteiger partial charge < -0.3 is 15.0 Å². The van der Waals surface area contributed by atoms with E-state index in [0.717, 1.165) is 30.9 Å². The van der Waals surface area contributed by atoms with Crippen LogP contribution in [0.15, 0.2) is 18.5 Å². The van der Waals surface area contributed by atoms with Crippen LogP contribution < -0.4 is 10.2 Å². The molecule has 1 N–H and O–H groups in total. The Balaban J connectivity index is 1.97. The molecule has 1 atom stereocenters. The minimum absolute atomic E-state index is 0.357. The minimum Gasteiger partial charge on any atom is -0.380 e. The Bertz CT molecular complexity index is 335. The Hall–Kier alpha value is -1.29. The van der Waals surface area contributed by atoms with Gasteiger partial charge in [0.15, 0.2) is 0 Å². The van der Waals surface area contributed by atoms with Crippen LogP contribution in [-0.4, -0.2) is 38.3 Å². The Morgan fingerprint density at radius 1 is 1.56 bits per heavy atom. The number of hydrogen-bond donors (Lipinski definition) is 1. The molecular formula is C12H19N3O. The van der Waals surface area contributed by atoms with Crippen LogP contribution in [0, 0.1) is 0 Å². The number of ether oxygens (including phenoxy) is 1. The number of rotatable bonds is 4. The fourth-order valence-corrected chi connectivity index (χ4v) is 1.94. The van der Waals surface area contributed by atoms with Gasteiger partial charge >= 0.3 is 0 Å². The molecule has 2 rings (SSSR count). The number of aromatic nitrogens is 1. The highest BCUT2D eigenvalue weighted by Gasteiger charge is 2.15. The molecule has 0 aliphatic carbocycles. The molecule has 0 amide bonds. The zero-order valence-corrected chi connectivity index (χ0v) is 9.94. The summed E-state index contributed by atoms with van der Waals surface area (Å²) in [7, 11) is 4.07. The second-order valence-electron chi connectivity index (χ2n) is 4.30. The fraction of sp³-hybridized carbons (Fsp3) is 0.583. The second-order valence-corrected chi connectivity index (χ2v) is 4.30. The average molecular weight is 221 g/mol. The molecule has 0 bridgehead atoms. The summed E-state index contributed by atoms with van der Waals surface area (Å²) < 4.78 is 5.58. The molecule has 1 aromatic heterocycles. The summed E-state index contributed by atoms with van der Waals surface area (Å²) in [5, 5.41) is 3.41. The third-order valence-corrected chi connectivity index (χ3v) is 2.82. The van der Waals surface area contributed by atoms with E-state index < -0.39 is 0 Å². The van der Waals surface area contributed by atoms with Crippen molar-refractivity contribution in [2.75, 3.05) is 37.5 Å². The maximum Gasteiger partial charge on any atom is 0.0765 e. The molecular weight excluding hydrogens is 202 g/mol. The van der Waals surface area contributed by atoms with Gasteiger partial charge in [0.2, 0.25) is 0 Å². The smallest absolute Gasteiger partial charge is 0.0765 e. The molecule has 0 spiro atoms. The predicted molar refractivity (Wildman–Crippen MR) is 66.0 cm³/mol. The summed E-state index contributed by atoms with van der Waals surface area (Å²) in [6.07, 6.45) is 6.37. The molecule has 1 fully saturated rings. The summed E-state index contributed by atoms with van der Waals surface area (Å²) in [5.41, 5.74) is 2.23. The van der Waals surface area contributed by atoms with Crippen molar-refractivity contribution in [3.63, 3.8) is 0 Å². The fourth-order valence-electron chi connectivity index (χ4n) is 1.94. The number of pyridine rings is 1. The molecule has 1 saturated heterocycles. The maximum atomic E-state index is 5.58. The van der Waals surface area contributed by atoms with Gasteiger partial charge in [-0.25, -0.2) is 0 Å². The highest BCUT2D eigenvalue weighted by molar-refractivity contribution is 5.68. The van der Waals surface area contributed by atoms with Crippen molar-refractivity contribution >= 4 is 11.4 Å². The summed E-state index contributed by atoms with van der Waals surface area (Å²) in [6.45, 7) is 1.77. The molecule has 0 aromatic carbocycles. The van der Waals surface area contributed by atoms with Crippen LogP contribution in [-0.2, 0) is 4.74 Å². The van der Waals surface area contributed by atoms with Crippen molar-refractivity contribution < 1.29 is 4.74 Å². The number of anilines is 2. The van der Waals surface area contributed by atoms with Gasteiger partial charge in [-0.1, -0.05) is 0 Å². The predicted octanol–water partition coefficient (Wildman–Crippen LogP) is 1.74. The topological polar surface area (TPSA) is 37.4 Å². The average Bonchev–Trinajstić information content (AvgIpc) is 2.79. The monoisotopic (exact) mass is 221 g/mol. The second kappa shape index (κ2) is 5.16. The molecule has 1 aliphatic heterocycles. The molecule has 4 heteroatoms. The van der Waals surface area contributed by atoms with Gasteiger partial charge in [0.1, 0.15) is 0 Å². The highest BCUT2D eigenvalue weighted by Crippen LogP contribution is 2.23. The van der Waals surface area contributed by atoms with Crippen molar-refractivity contribution in [2.45, 2.75) is 18.9 Å². The van der Waals surface area contributed by atoms with E-state index in [-0.39, 0.29) is 0 Å². The Kier molecular flexibility index (Phi) is 3.62. The number of nitrogens with one attached hydrogen (secondary N) is 1. The van der Waals surface area contributed by atoms with Crippen LogP contribution in [0.3, 0.4) is 0 Å². The summed E-state index contributed by atoms with van der Waals surface area (Å²) in [6, 6.07) is 2.01. The first-order chi connectivity index (χ1) is 7.77. The molecule has 0 radical (unpaired) electrons. The van der Waals surface area contributed by atoms with E-state index in [4.69, 9.17) is 4.74 Å². The van der Waals surface area contributed by atoms with Crippen molar-refractivity contribution in [3.8, 4) is 0 Å². The molecule has 4 nitrogen and oxygen atoms in total. The van der Waals surface area contributed by atoms with Gasteiger partial charge in [-0.2, -0.15) is 0 Å². The Labute approximate surface area is 96.6 Å². The molecule has 1 unspecified atom stereocenters. The Morgan fingerprint density at radius 3 is 3.12 bits per heavy atom. The molecule has 88 valence electrons. The van der Waals surface area contributed by atoms with Crippen molar-refractivity contribution in [3.05, 3.63) is 18.5 Å². The van der Waals surface area contributed by atoms with E-state index in [1.165, 1.54) is 6.42 Å². The van der Waals surface area contributed by atoms with Crippen LogP contribution in [0.1, 0.15) is 12.8 Å². The standard InChI is InChI=1S/C12H19N3O/c1-15(2)12-5-6-13-9-11(12)14-8-10-4-3-7-16-10/h5-6,9-10,14H,3-4,7-8H2,1-2H3. The van der Waals surface area contributed by atoms with Crippen LogP contribution >= 0.6 is 0 Å². The highest BCUT2D eigenvalue weighted by atomic mass is 16.5. The zero-order chi connectivity index (χ0) is 11.4. The lowest BCUT2D eigenvalue weighted by atomic mass is 10.2. The summed E-state index contributed by atoms with van der Waals surface area (Å²) in [5.74, 6) is 0. The van der Waals surface area contributed by atoms with Gasteiger partial charge in [0.25, 0.3) is 0 Å². The van der Waals surface area contributed by atoms with Crippen LogP contribution in [0.4, 0.5) is 11.4 Å². The normalized spacial score (nSPS) is 19.8. The van der Waals surface area contributed by atoms with Gasteiger partial charge in [0, 0.05) is 33.4 Å². The van der Waals surface area contributed by atoms with Gasteiger partial charge in [-0.15, -0.1) is 0 Å². The first-order valence-corrected chi connectivity index (χ1v) is 5.74. The third kappa shape index (κ3) is 2.64. The van der Waals surface area contributed by atoms with E-state index in [9.17, 15) is 0 Å². The van der Waals surface area contributed by atoms with Gasteiger partial charge in [0.05, 0.1) is 23.7 Å². The number of nitrogens with zero attached hydrogens (tertiary/aromatic N) is 2. The van der Waals surface area contributed by atoms with Crippen LogP contribution in [0.2, 0.25) is 0 Å². The molecule has 1 aliphatic rings. The van der Waals surface area contributed by atoms with Crippen molar-refractivity contribution in [1.29, 1.82) is 0 Å². The SMILES string of the molecule is CN(C)c1ccncc1NCC1CCCO1. The molecule has 0 saturated carbocycles. The minimum atomic E-state index is 0.357. The zero-order valence-electron chi connectivity index (χ0n) is 9.94. The summed E-state index contributed by atoms with van der Waals surface area (Å²) in [4.78, 5) is 6.23. The maximum absolute atomic E-state index is 5.58. The van der Waals surface area contributed by atoms with Gasteiger partial charge in [-0.3, -0.25) is 4.98 Å². The van der Waals surface area contributed by atoms with E-state index >= 15 is 0 Å². The van der Waals surface area contributed by atoms with Crippen LogP contribution in [0.25, 0.3) is 0 Å². The molecule has 16 heavy (non-hydrogen) atoms. The first kappa shape index (κ1) is 11.2. The van der Waals surface area contributed by atoms with E-state index in [2.05, 4.69) is 15.2 Å². The molecule has 2 heterocycles. The van der Waals surface area contributed by atoms with Crippen molar-refractivity contribution in [1.82, 2.24) is 4.98 Å². The lowest BCUT2D eigenvalue weighted by Gasteiger charge is -2.19. The van der Waals surface area contributed by atoms with E-state index in [1.807, 2.05) is 32.6 Å². The quantitative estimate of drug-likeness (QED) is 0.840. The first-order valence-electron chi connectivity index (χ1n) is 5.74. The largest absolute Gasteiger partial charge is 0.380 e.